The zero-order valence-corrected chi connectivity index (χ0v) is 10.3. The van der Waals surface area contributed by atoms with Gasteiger partial charge in [-0.25, -0.2) is 0 Å². The zero-order valence-electron chi connectivity index (χ0n) is 10.3. The topological polar surface area (TPSA) is 122 Å². The largest absolute Gasteiger partial charge is 0.494 e. The quantitative estimate of drug-likeness (QED) is 0.633. The first-order valence-corrected chi connectivity index (χ1v) is 5.41. The molecule has 1 aromatic carbocycles. The van der Waals surface area contributed by atoms with Crippen LogP contribution in [0, 0.1) is 10.1 Å². The van der Waals surface area contributed by atoms with Crippen molar-refractivity contribution in [2.45, 2.75) is 13.0 Å². The summed E-state index contributed by atoms with van der Waals surface area (Å²) in [5.41, 5.74) is 6.17. The molecule has 0 amide bonds. The lowest BCUT2D eigenvalue weighted by Gasteiger charge is -2.10. The van der Waals surface area contributed by atoms with E-state index in [1.807, 2.05) is 0 Å². The van der Waals surface area contributed by atoms with Crippen molar-refractivity contribution in [2.24, 2.45) is 5.73 Å². The molecule has 2 N–H and O–H groups in total. The average Bonchev–Trinajstić information content (AvgIpc) is 2.87. The molecule has 0 saturated carbocycles. The van der Waals surface area contributed by atoms with Crippen LogP contribution in [0.5, 0.6) is 5.75 Å². The number of nitrogens with two attached hydrogens (primary N) is 1. The second-order valence-electron chi connectivity index (χ2n) is 3.85. The molecule has 0 bridgehead atoms. The molecule has 100 valence electrons. The molecule has 9 heteroatoms. The second kappa shape index (κ2) is 4.98. The summed E-state index contributed by atoms with van der Waals surface area (Å²) in [5, 5.41) is 21.9. The Bertz CT molecular complexity index is 609. The molecule has 2 aromatic rings. The normalized spacial score (nSPS) is 12.2. The van der Waals surface area contributed by atoms with Gasteiger partial charge in [0.05, 0.1) is 24.1 Å². The zero-order chi connectivity index (χ0) is 14.0. The lowest BCUT2D eigenvalue weighted by Crippen LogP contribution is -2.14. The minimum absolute atomic E-state index is 0.0731. The van der Waals surface area contributed by atoms with Crippen LogP contribution < -0.4 is 10.5 Å². The van der Waals surface area contributed by atoms with E-state index in [4.69, 9.17) is 10.5 Å². The van der Waals surface area contributed by atoms with Gasteiger partial charge < -0.3 is 10.5 Å². The fourth-order valence-corrected chi connectivity index (χ4v) is 1.60. The molecule has 0 aliphatic rings. The van der Waals surface area contributed by atoms with Crippen LogP contribution in [-0.4, -0.2) is 32.2 Å². The van der Waals surface area contributed by atoms with Crippen molar-refractivity contribution in [3.63, 3.8) is 0 Å². The molecule has 1 heterocycles. The van der Waals surface area contributed by atoms with Crippen LogP contribution in [0.3, 0.4) is 0 Å². The number of nitro benzene ring substituents is 1. The Kier molecular flexibility index (Phi) is 3.38. The third-order valence-electron chi connectivity index (χ3n) is 2.50. The van der Waals surface area contributed by atoms with Gasteiger partial charge in [-0.15, -0.1) is 5.10 Å². The average molecular weight is 264 g/mol. The van der Waals surface area contributed by atoms with Gasteiger partial charge in [0.25, 0.3) is 5.69 Å². The summed E-state index contributed by atoms with van der Waals surface area (Å²) in [6, 6.07) is 3.79. The number of tetrazole rings is 1. The fourth-order valence-electron chi connectivity index (χ4n) is 1.60. The lowest BCUT2D eigenvalue weighted by molar-refractivity contribution is -0.384. The first-order valence-electron chi connectivity index (χ1n) is 5.41. The number of hydrogen-bond donors (Lipinski definition) is 1. The summed E-state index contributed by atoms with van der Waals surface area (Å²) < 4.78 is 6.53. The van der Waals surface area contributed by atoms with E-state index < -0.39 is 4.92 Å². The maximum Gasteiger partial charge on any atom is 0.273 e. The third kappa shape index (κ3) is 2.36. The van der Waals surface area contributed by atoms with Crippen molar-refractivity contribution >= 4 is 5.69 Å². The number of benzene rings is 1. The monoisotopic (exact) mass is 264 g/mol. The summed E-state index contributed by atoms with van der Waals surface area (Å²) >= 11 is 0. The van der Waals surface area contributed by atoms with Crippen LogP contribution in [-0.2, 0) is 0 Å². The van der Waals surface area contributed by atoms with Crippen LogP contribution in [0.1, 0.15) is 18.8 Å². The molecule has 2 rings (SSSR count). The second-order valence-corrected chi connectivity index (χ2v) is 3.85. The Balaban J connectivity index is 2.56. The van der Waals surface area contributed by atoms with E-state index in [1.165, 1.54) is 30.0 Å². The molecule has 1 aromatic heterocycles. The molecular weight excluding hydrogens is 252 g/mol. The molecular formula is C10H12N6O3. The summed E-state index contributed by atoms with van der Waals surface area (Å²) in [4.78, 5) is 10.2. The maximum absolute atomic E-state index is 10.7. The Morgan fingerprint density at radius 3 is 2.84 bits per heavy atom. The van der Waals surface area contributed by atoms with Crippen molar-refractivity contribution in [1.82, 2.24) is 20.2 Å². The number of rotatable bonds is 4. The van der Waals surface area contributed by atoms with Crippen LogP contribution in [0.25, 0.3) is 5.69 Å². The van der Waals surface area contributed by atoms with Gasteiger partial charge in [0.2, 0.25) is 0 Å². The van der Waals surface area contributed by atoms with Gasteiger partial charge in [0, 0.05) is 6.07 Å². The van der Waals surface area contributed by atoms with E-state index in [9.17, 15) is 10.1 Å². The van der Waals surface area contributed by atoms with E-state index in [1.54, 1.807) is 6.92 Å². The minimum atomic E-state index is -0.502. The highest BCUT2D eigenvalue weighted by Gasteiger charge is 2.18. The predicted molar refractivity (Wildman–Crippen MR) is 65.0 cm³/mol. The van der Waals surface area contributed by atoms with Crippen molar-refractivity contribution in [3.8, 4) is 11.4 Å². The number of nitro groups is 1. The van der Waals surface area contributed by atoms with Gasteiger partial charge in [0.1, 0.15) is 5.69 Å². The van der Waals surface area contributed by atoms with Crippen molar-refractivity contribution < 1.29 is 9.66 Å². The lowest BCUT2D eigenvalue weighted by atomic mass is 10.2. The standard InChI is InChI=1S/C10H12N6O3/c1-6(11)10-12-13-14-15(10)8-4-3-7(16(17)18)5-9(8)19-2/h3-6H,11H2,1-2H3. The Labute approximate surface area is 108 Å². The predicted octanol–water partition coefficient (Wildman–Crippen LogP) is 0.599. The highest BCUT2D eigenvalue weighted by atomic mass is 16.6. The van der Waals surface area contributed by atoms with Gasteiger partial charge in [-0.2, -0.15) is 4.68 Å². The van der Waals surface area contributed by atoms with Gasteiger partial charge in [-0.05, 0) is 23.4 Å². The summed E-state index contributed by atoms with van der Waals surface area (Å²) in [7, 11) is 1.42. The van der Waals surface area contributed by atoms with Crippen LogP contribution >= 0.6 is 0 Å². The highest BCUT2D eigenvalue weighted by molar-refractivity contribution is 5.53. The van der Waals surface area contributed by atoms with Crippen molar-refractivity contribution in [3.05, 3.63) is 34.1 Å². The minimum Gasteiger partial charge on any atom is -0.494 e. The number of ether oxygens (including phenoxy) is 1. The smallest absolute Gasteiger partial charge is 0.273 e. The van der Waals surface area contributed by atoms with E-state index in [0.717, 1.165) is 0 Å². The molecule has 0 aliphatic heterocycles. The number of aromatic nitrogens is 4. The number of hydrogen-bond acceptors (Lipinski definition) is 7. The van der Waals surface area contributed by atoms with Crippen molar-refractivity contribution in [2.75, 3.05) is 7.11 Å². The summed E-state index contributed by atoms with van der Waals surface area (Å²) in [5.74, 6) is 0.732. The van der Waals surface area contributed by atoms with E-state index >= 15 is 0 Å². The van der Waals surface area contributed by atoms with Crippen LogP contribution in [0.2, 0.25) is 0 Å². The SMILES string of the molecule is COc1cc([N+](=O)[O-])ccc1-n1nnnc1C(C)N. The van der Waals surface area contributed by atoms with Crippen molar-refractivity contribution in [1.29, 1.82) is 0 Å². The molecule has 0 fully saturated rings. The molecule has 19 heavy (non-hydrogen) atoms. The molecule has 1 atom stereocenters. The Morgan fingerprint density at radius 2 is 2.26 bits per heavy atom. The van der Waals surface area contributed by atoms with Gasteiger partial charge in [-0.3, -0.25) is 10.1 Å². The van der Waals surface area contributed by atoms with Crippen LogP contribution in [0.15, 0.2) is 18.2 Å². The molecule has 0 saturated heterocycles. The van der Waals surface area contributed by atoms with Gasteiger partial charge >= 0.3 is 0 Å². The maximum atomic E-state index is 10.7. The fraction of sp³-hybridized carbons (Fsp3) is 0.300. The third-order valence-corrected chi connectivity index (χ3v) is 2.50. The van der Waals surface area contributed by atoms with Gasteiger partial charge in [-0.1, -0.05) is 0 Å². The summed E-state index contributed by atoms with van der Waals surface area (Å²) in [6.07, 6.45) is 0. The molecule has 9 nitrogen and oxygen atoms in total. The highest BCUT2D eigenvalue weighted by Crippen LogP contribution is 2.28. The van der Waals surface area contributed by atoms with Crippen LogP contribution in [0.4, 0.5) is 5.69 Å². The number of non-ortho nitro benzene ring substituents is 1. The van der Waals surface area contributed by atoms with Gasteiger partial charge in [0.15, 0.2) is 11.6 Å². The first kappa shape index (κ1) is 12.9. The molecule has 0 aliphatic carbocycles. The number of nitrogens with zero attached hydrogens (tertiary/aromatic N) is 5. The van der Waals surface area contributed by atoms with E-state index in [0.29, 0.717) is 17.3 Å². The van der Waals surface area contributed by atoms with E-state index in [-0.39, 0.29) is 11.7 Å². The molecule has 1 unspecified atom stereocenters. The number of methoxy groups -OCH3 is 1. The Morgan fingerprint density at radius 1 is 1.53 bits per heavy atom. The first-order chi connectivity index (χ1) is 9.04. The summed E-state index contributed by atoms with van der Waals surface area (Å²) in [6.45, 7) is 1.74. The molecule has 0 radical (unpaired) electrons. The Hall–Kier alpha value is -2.55. The molecule has 0 spiro atoms. The van der Waals surface area contributed by atoms with E-state index in [2.05, 4.69) is 15.5 Å².